The zero-order valence-corrected chi connectivity index (χ0v) is 24.5. The predicted molar refractivity (Wildman–Crippen MR) is 153 cm³/mol. The van der Waals surface area contributed by atoms with Crippen LogP contribution in [0.25, 0.3) is 0 Å². The summed E-state index contributed by atoms with van der Waals surface area (Å²) in [6.45, 7) is 5.74. The fraction of sp³-hybridized carbons (Fsp3) is 0.484. The van der Waals surface area contributed by atoms with Crippen molar-refractivity contribution in [1.82, 2.24) is 20.4 Å². The Labute approximate surface area is 245 Å². The van der Waals surface area contributed by atoms with Gasteiger partial charge >= 0.3 is 6.09 Å². The molecule has 0 saturated carbocycles. The van der Waals surface area contributed by atoms with E-state index in [0.29, 0.717) is 12.8 Å². The van der Waals surface area contributed by atoms with Gasteiger partial charge in [-0.3, -0.25) is 19.3 Å². The monoisotopic (exact) mass is 582 g/mol. The van der Waals surface area contributed by atoms with Gasteiger partial charge in [-0.25, -0.2) is 9.18 Å². The molecule has 1 fully saturated rings. The number of ether oxygens (including phenoxy) is 2. The van der Waals surface area contributed by atoms with Crippen LogP contribution in [-0.4, -0.2) is 84.1 Å². The van der Waals surface area contributed by atoms with E-state index in [4.69, 9.17) is 9.47 Å². The molecular formula is C31H39FN4O6. The van der Waals surface area contributed by atoms with Gasteiger partial charge in [0.15, 0.2) is 0 Å². The summed E-state index contributed by atoms with van der Waals surface area (Å²) in [7, 11) is 1.59. The molecule has 3 atom stereocenters. The van der Waals surface area contributed by atoms with Crippen molar-refractivity contribution in [2.75, 3.05) is 26.7 Å². The molecule has 11 heteroatoms. The summed E-state index contributed by atoms with van der Waals surface area (Å²) in [5.41, 5.74) is 0.138. The number of likely N-dealkylation sites (tertiary alicyclic amines) is 1. The van der Waals surface area contributed by atoms with Crippen LogP contribution >= 0.6 is 0 Å². The van der Waals surface area contributed by atoms with Gasteiger partial charge in [0.25, 0.3) is 5.91 Å². The summed E-state index contributed by atoms with van der Waals surface area (Å²) in [5.74, 6) is -1.50. The number of fused-ring (bicyclic) bond motifs is 3. The smallest absolute Gasteiger partial charge is 0.410 e. The molecule has 2 aliphatic heterocycles. The van der Waals surface area contributed by atoms with Crippen molar-refractivity contribution >= 4 is 23.8 Å². The fourth-order valence-corrected chi connectivity index (χ4v) is 5.14. The van der Waals surface area contributed by atoms with Crippen LogP contribution in [0, 0.1) is 5.82 Å². The zero-order chi connectivity index (χ0) is 30.4. The number of nitrogens with one attached hydrogen (secondary N) is 2. The Balaban J connectivity index is 1.59. The highest BCUT2D eigenvalue weighted by molar-refractivity contribution is 5.96. The molecule has 4 amide bonds. The van der Waals surface area contributed by atoms with E-state index < -0.39 is 41.5 Å². The minimum atomic E-state index is -0.857. The van der Waals surface area contributed by atoms with Crippen molar-refractivity contribution in [2.24, 2.45) is 0 Å². The second kappa shape index (κ2) is 13.2. The van der Waals surface area contributed by atoms with E-state index in [-0.39, 0.29) is 55.7 Å². The highest BCUT2D eigenvalue weighted by atomic mass is 19.1. The maximum Gasteiger partial charge on any atom is 0.410 e. The Bertz CT molecular complexity index is 1300. The third-order valence-corrected chi connectivity index (χ3v) is 7.18. The van der Waals surface area contributed by atoms with Crippen LogP contribution in [0.4, 0.5) is 9.18 Å². The number of rotatable bonds is 3. The van der Waals surface area contributed by atoms with E-state index in [2.05, 4.69) is 10.6 Å². The van der Waals surface area contributed by atoms with Crippen LogP contribution in [0.5, 0.6) is 5.75 Å². The molecule has 4 rings (SSSR count). The molecule has 2 N–H and O–H groups in total. The van der Waals surface area contributed by atoms with Crippen molar-refractivity contribution in [3.8, 4) is 5.75 Å². The van der Waals surface area contributed by atoms with Gasteiger partial charge in [-0.15, -0.1) is 0 Å². The number of carbonyl (C=O) groups is 4. The molecule has 0 radical (unpaired) electrons. The number of hydrogen-bond donors (Lipinski definition) is 2. The number of amides is 4. The molecule has 2 aromatic carbocycles. The van der Waals surface area contributed by atoms with E-state index in [0.717, 1.165) is 11.6 Å². The molecule has 2 heterocycles. The zero-order valence-electron chi connectivity index (χ0n) is 24.5. The van der Waals surface area contributed by atoms with Gasteiger partial charge in [0.05, 0.1) is 18.0 Å². The summed E-state index contributed by atoms with van der Waals surface area (Å²) < 4.78 is 25.8. The lowest BCUT2D eigenvalue weighted by molar-refractivity contribution is -0.129. The minimum Gasteiger partial charge on any atom is -0.491 e. The molecule has 0 aliphatic carbocycles. The average Bonchev–Trinajstić information content (AvgIpc) is 3.33. The number of nitrogens with zero attached hydrogens (tertiary/aromatic N) is 2. The van der Waals surface area contributed by atoms with Crippen molar-refractivity contribution in [3.63, 3.8) is 0 Å². The van der Waals surface area contributed by atoms with Crippen LogP contribution in [-0.2, 0) is 20.7 Å². The summed E-state index contributed by atoms with van der Waals surface area (Å²) in [6, 6.07) is 11.2. The number of halogens is 1. The quantitative estimate of drug-likeness (QED) is 0.574. The first-order chi connectivity index (χ1) is 19.9. The largest absolute Gasteiger partial charge is 0.491 e. The van der Waals surface area contributed by atoms with Crippen LogP contribution < -0.4 is 15.4 Å². The van der Waals surface area contributed by atoms with Crippen molar-refractivity contribution < 1.29 is 33.0 Å². The van der Waals surface area contributed by atoms with E-state index in [1.165, 1.54) is 21.9 Å². The van der Waals surface area contributed by atoms with E-state index in [1.54, 1.807) is 27.8 Å². The number of hydrogen-bond acceptors (Lipinski definition) is 6. The van der Waals surface area contributed by atoms with Crippen molar-refractivity contribution in [3.05, 3.63) is 65.5 Å². The Kier molecular flexibility index (Phi) is 9.70. The molecular weight excluding hydrogens is 543 g/mol. The SMILES string of the molecule is CN1CCC[C@H](NC(=O)Cc2ccccc2)C(=O)N[C@@H]2C[C@@H](COc3ccc(F)cc3C1=O)N(C(=O)OC(C)(C)C)C2. The molecule has 0 aromatic heterocycles. The first-order valence-corrected chi connectivity index (χ1v) is 14.2. The second-order valence-corrected chi connectivity index (χ2v) is 11.8. The summed E-state index contributed by atoms with van der Waals surface area (Å²) in [6.07, 6.45) is 0.578. The molecule has 10 nitrogen and oxygen atoms in total. The van der Waals surface area contributed by atoms with Gasteiger partial charge < -0.3 is 25.0 Å². The minimum absolute atomic E-state index is 0.00151. The molecule has 1 saturated heterocycles. The topological polar surface area (TPSA) is 117 Å². The lowest BCUT2D eigenvalue weighted by Crippen LogP contribution is -2.51. The van der Waals surface area contributed by atoms with Gasteiger partial charge in [0.1, 0.15) is 29.8 Å². The Hall–Kier alpha value is -4.15. The Morgan fingerprint density at radius 2 is 1.88 bits per heavy atom. The van der Waals surface area contributed by atoms with Crippen LogP contribution in [0.2, 0.25) is 0 Å². The van der Waals surface area contributed by atoms with Crippen molar-refractivity contribution in [2.45, 2.75) is 70.2 Å². The van der Waals surface area contributed by atoms with E-state index in [1.807, 2.05) is 30.3 Å². The fourth-order valence-electron chi connectivity index (χ4n) is 5.14. The molecule has 42 heavy (non-hydrogen) atoms. The predicted octanol–water partition coefficient (Wildman–Crippen LogP) is 3.29. The lowest BCUT2D eigenvalue weighted by atomic mass is 10.1. The molecule has 2 bridgehead atoms. The number of benzene rings is 2. The third-order valence-electron chi connectivity index (χ3n) is 7.18. The summed E-state index contributed by atoms with van der Waals surface area (Å²) >= 11 is 0. The van der Waals surface area contributed by atoms with E-state index >= 15 is 0 Å². The van der Waals surface area contributed by atoms with Crippen LogP contribution in [0.1, 0.15) is 56.0 Å². The normalized spacial score (nSPS) is 21.8. The Morgan fingerprint density at radius 1 is 1.14 bits per heavy atom. The van der Waals surface area contributed by atoms with Crippen LogP contribution in [0.15, 0.2) is 48.5 Å². The van der Waals surface area contributed by atoms with Crippen molar-refractivity contribution in [1.29, 1.82) is 0 Å². The van der Waals surface area contributed by atoms with E-state index in [9.17, 15) is 23.6 Å². The van der Waals surface area contributed by atoms with Gasteiger partial charge in [0.2, 0.25) is 11.8 Å². The maximum absolute atomic E-state index is 14.2. The van der Waals surface area contributed by atoms with Gasteiger partial charge in [0, 0.05) is 26.2 Å². The Morgan fingerprint density at radius 3 is 2.60 bits per heavy atom. The lowest BCUT2D eigenvalue weighted by Gasteiger charge is -2.29. The number of carbonyl (C=O) groups excluding carboxylic acids is 4. The van der Waals surface area contributed by atoms with Gasteiger partial charge in [-0.05, 0) is 63.8 Å². The average molecular weight is 583 g/mol. The molecule has 0 unspecified atom stereocenters. The third kappa shape index (κ3) is 8.20. The standard InChI is InChI=1S/C31H39FN4O6/c1-31(2,3)42-30(40)36-18-22-17-23(36)19-41-26-13-12-21(32)16-24(26)29(39)35(4)14-8-11-25(28(38)33-22)34-27(37)15-20-9-6-5-7-10-20/h5-7,9-10,12-13,16,22-23,25H,8,11,14-15,17-19H2,1-4H3,(H,33,38)(H,34,37)/t22-,23+,25+/m1/s1. The first kappa shape index (κ1) is 30.8. The summed E-state index contributed by atoms with van der Waals surface area (Å²) in [4.78, 5) is 55.7. The molecule has 0 spiro atoms. The molecule has 2 aromatic rings. The van der Waals surface area contributed by atoms with Gasteiger partial charge in [-0.2, -0.15) is 0 Å². The first-order valence-electron chi connectivity index (χ1n) is 14.2. The van der Waals surface area contributed by atoms with Gasteiger partial charge in [-0.1, -0.05) is 30.3 Å². The van der Waals surface area contributed by atoms with Crippen LogP contribution in [0.3, 0.4) is 0 Å². The molecule has 226 valence electrons. The molecule has 2 aliphatic rings. The maximum atomic E-state index is 14.2. The highest BCUT2D eigenvalue weighted by Gasteiger charge is 2.39. The summed E-state index contributed by atoms with van der Waals surface area (Å²) in [5, 5.41) is 5.85. The highest BCUT2D eigenvalue weighted by Crippen LogP contribution is 2.26. The second-order valence-electron chi connectivity index (χ2n) is 11.8.